The number of hydrogen-bond donors (Lipinski definition) is 1. The van der Waals surface area contributed by atoms with Crippen LogP contribution in [0, 0.1) is 5.92 Å². The molecule has 0 spiro atoms. The van der Waals surface area contributed by atoms with Gasteiger partial charge in [-0.05, 0) is 56.6 Å². The molecule has 1 aromatic carbocycles. The predicted molar refractivity (Wildman–Crippen MR) is 67.1 cm³/mol. The molecule has 0 saturated carbocycles. The smallest absolute Gasteiger partial charge is 0.276 e. The topological polar surface area (TPSA) is 21.3 Å². The maximum Gasteiger partial charge on any atom is 0.276 e. The molecule has 2 nitrogen and oxygen atoms in total. The fraction of sp³-hybridized carbons (Fsp3) is 0.571. The average molecular weight is 255 g/mol. The lowest BCUT2D eigenvalue weighted by Crippen LogP contribution is -2.26. The number of benzene rings is 1. The first-order valence-electron chi connectivity index (χ1n) is 6.37. The molecular weight excluding hydrogens is 236 g/mol. The van der Waals surface area contributed by atoms with Crippen LogP contribution >= 0.6 is 0 Å². The van der Waals surface area contributed by atoms with Crippen molar-refractivity contribution in [3.05, 3.63) is 29.8 Å². The normalized spacial score (nSPS) is 21.4. The Kier molecular flexibility index (Phi) is 4.17. The number of ether oxygens (including phenoxy) is 1. The SMILES string of the molecule is COc1ccc(C(F)(F)C2CCCNCC2)cc1. The van der Waals surface area contributed by atoms with Gasteiger partial charge in [-0.2, -0.15) is 0 Å². The Labute approximate surface area is 106 Å². The molecule has 2 rings (SSSR count). The minimum atomic E-state index is -2.75. The highest BCUT2D eigenvalue weighted by molar-refractivity contribution is 5.30. The minimum Gasteiger partial charge on any atom is -0.497 e. The monoisotopic (exact) mass is 255 g/mol. The van der Waals surface area contributed by atoms with Gasteiger partial charge in [-0.15, -0.1) is 0 Å². The van der Waals surface area contributed by atoms with E-state index in [2.05, 4.69) is 5.32 Å². The Bertz CT molecular complexity index is 370. The van der Waals surface area contributed by atoms with E-state index in [0.717, 1.165) is 13.0 Å². The Balaban J connectivity index is 2.16. The van der Waals surface area contributed by atoms with Gasteiger partial charge in [0.25, 0.3) is 5.92 Å². The summed E-state index contributed by atoms with van der Waals surface area (Å²) in [6.07, 6.45) is 1.92. The molecule has 1 heterocycles. The van der Waals surface area contributed by atoms with Crippen LogP contribution in [0.1, 0.15) is 24.8 Å². The van der Waals surface area contributed by atoms with E-state index in [1.54, 1.807) is 12.1 Å². The van der Waals surface area contributed by atoms with E-state index in [-0.39, 0.29) is 5.56 Å². The van der Waals surface area contributed by atoms with Crippen LogP contribution in [-0.2, 0) is 5.92 Å². The molecule has 1 aliphatic rings. The van der Waals surface area contributed by atoms with Gasteiger partial charge in [-0.25, -0.2) is 8.78 Å². The summed E-state index contributed by atoms with van der Waals surface area (Å²) in [6.45, 7) is 1.52. The summed E-state index contributed by atoms with van der Waals surface area (Å²) in [4.78, 5) is 0. The van der Waals surface area contributed by atoms with Gasteiger partial charge in [-0.3, -0.25) is 0 Å². The van der Waals surface area contributed by atoms with Crippen molar-refractivity contribution < 1.29 is 13.5 Å². The summed E-state index contributed by atoms with van der Waals surface area (Å²) in [5.74, 6) is -2.71. The van der Waals surface area contributed by atoms with Gasteiger partial charge < -0.3 is 10.1 Å². The molecule has 0 bridgehead atoms. The standard InChI is InChI=1S/C14H19F2NO/c1-18-13-6-4-12(5-7-13)14(15,16)11-3-2-9-17-10-8-11/h4-7,11,17H,2-3,8-10H2,1H3. The highest BCUT2D eigenvalue weighted by Crippen LogP contribution is 2.41. The number of alkyl halides is 2. The van der Waals surface area contributed by atoms with Gasteiger partial charge >= 0.3 is 0 Å². The lowest BCUT2D eigenvalue weighted by atomic mass is 9.88. The molecule has 0 radical (unpaired) electrons. The summed E-state index contributed by atoms with van der Waals surface area (Å²) in [7, 11) is 1.53. The second-order valence-corrected chi connectivity index (χ2v) is 4.73. The van der Waals surface area contributed by atoms with Crippen LogP contribution in [0.2, 0.25) is 0 Å². The number of rotatable bonds is 3. The van der Waals surface area contributed by atoms with Crippen molar-refractivity contribution in [3.63, 3.8) is 0 Å². The van der Waals surface area contributed by atoms with Crippen LogP contribution in [0.3, 0.4) is 0 Å². The van der Waals surface area contributed by atoms with Crippen LogP contribution in [0.15, 0.2) is 24.3 Å². The van der Waals surface area contributed by atoms with Crippen LogP contribution in [0.5, 0.6) is 5.75 Å². The molecule has 1 N–H and O–H groups in total. The maximum atomic E-state index is 14.4. The molecule has 1 atom stereocenters. The Morgan fingerprint density at radius 3 is 2.56 bits per heavy atom. The van der Waals surface area contributed by atoms with Crippen molar-refractivity contribution in [3.8, 4) is 5.75 Å². The number of halogens is 2. The number of nitrogens with one attached hydrogen (secondary N) is 1. The fourth-order valence-electron chi connectivity index (χ4n) is 2.43. The van der Waals surface area contributed by atoms with Crippen molar-refractivity contribution >= 4 is 0 Å². The van der Waals surface area contributed by atoms with Crippen molar-refractivity contribution in [2.75, 3.05) is 20.2 Å². The highest BCUT2D eigenvalue weighted by Gasteiger charge is 2.40. The highest BCUT2D eigenvalue weighted by atomic mass is 19.3. The third-order valence-electron chi connectivity index (χ3n) is 3.56. The molecule has 1 saturated heterocycles. The van der Waals surface area contributed by atoms with E-state index in [9.17, 15) is 8.78 Å². The van der Waals surface area contributed by atoms with Crippen molar-refractivity contribution in [2.45, 2.75) is 25.2 Å². The maximum absolute atomic E-state index is 14.4. The van der Waals surface area contributed by atoms with Crippen molar-refractivity contribution in [2.24, 2.45) is 5.92 Å². The summed E-state index contributed by atoms with van der Waals surface area (Å²) < 4.78 is 33.8. The molecule has 0 amide bonds. The summed E-state index contributed by atoms with van der Waals surface area (Å²) >= 11 is 0. The Morgan fingerprint density at radius 1 is 1.17 bits per heavy atom. The molecule has 1 unspecified atom stereocenters. The molecule has 4 heteroatoms. The molecule has 1 fully saturated rings. The van der Waals surface area contributed by atoms with Gasteiger partial charge in [0.1, 0.15) is 5.75 Å². The first-order chi connectivity index (χ1) is 8.64. The van der Waals surface area contributed by atoms with Crippen LogP contribution < -0.4 is 10.1 Å². The lowest BCUT2D eigenvalue weighted by Gasteiger charge is -2.26. The molecular formula is C14H19F2NO. The van der Waals surface area contributed by atoms with E-state index < -0.39 is 11.8 Å². The predicted octanol–water partition coefficient (Wildman–Crippen LogP) is 3.18. The fourth-order valence-corrected chi connectivity index (χ4v) is 2.43. The number of hydrogen-bond acceptors (Lipinski definition) is 2. The zero-order valence-corrected chi connectivity index (χ0v) is 10.6. The van der Waals surface area contributed by atoms with Crippen molar-refractivity contribution in [1.29, 1.82) is 0 Å². The van der Waals surface area contributed by atoms with Crippen molar-refractivity contribution in [1.82, 2.24) is 5.32 Å². The zero-order valence-electron chi connectivity index (χ0n) is 10.6. The van der Waals surface area contributed by atoms with E-state index in [1.165, 1.54) is 19.2 Å². The molecule has 0 aromatic heterocycles. The van der Waals surface area contributed by atoms with Gasteiger partial charge in [0.15, 0.2) is 0 Å². The van der Waals surface area contributed by atoms with Gasteiger partial charge in [-0.1, -0.05) is 0 Å². The molecule has 18 heavy (non-hydrogen) atoms. The van der Waals surface area contributed by atoms with Gasteiger partial charge in [0.2, 0.25) is 0 Å². The number of methoxy groups -OCH3 is 1. The Morgan fingerprint density at radius 2 is 1.89 bits per heavy atom. The molecule has 0 aliphatic carbocycles. The second-order valence-electron chi connectivity index (χ2n) is 4.73. The van der Waals surface area contributed by atoms with Crippen LogP contribution in [0.4, 0.5) is 8.78 Å². The third kappa shape index (κ3) is 2.80. The Hall–Kier alpha value is -1.16. The minimum absolute atomic E-state index is 0.0928. The molecule has 1 aromatic rings. The zero-order chi connectivity index (χ0) is 13.0. The van der Waals surface area contributed by atoms with E-state index in [0.29, 0.717) is 25.1 Å². The van der Waals surface area contributed by atoms with E-state index in [4.69, 9.17) is 4.74 Å². The van der Waals surface area contributed by atoms with E-state index in [1.807, 2.05) is 0 Å². The van der Waals surface area contributed by atoms with Gasteiger partial charge in [0.05, 0.1) is 7.11 Å². The molecule has 1 aliphatic heterocycles. The first kappa shape index (κ1) is 13.3. The first-order valence-corrected chi connectivity index (χ1v) is 6.37. The van der Waals surface area contributed by atoms with Crippen LogP contribution in [-0.4, -0.2) is 20.2 Å². The summed E-state index contributed by atoms with van der Waals surface area (Å²) in [5, 5.41) is 3.17. The quantitative estimate of drug-likeness (QED) is 0.895. The van der Waals surface area contributed by atoms with Crippen LogP contribution in [0.25, 0.3) is 0 Å². The molecule has 100 valence electrons. The summed E-state index contributed by atoms with van der Waals surface area (Å²) in [6, 6.07) is 6.13. The largest absolute Gasteiger partial charge is 0.497 e. The average Bonchev–Trinajstić information content (AvgIpc) is 2.68. The lowest BCUT2D eigenvalue weighted by molar-refractivity contribution is -0.0694. The third-order valence-corrected chi connectivity index (χ3v) is 3.56. The van der Waals surface area contributed by atoms with E-state index >= 15 is 0 Å². The van der Waals surface area contributed by atoms with Gasteiger partial charge in [0, 0.05) is 11.5 Å². The second kappa shape index (κ2) is 5.65. The summed E-state index contributed by atoms with van der Waals surface area (Å²) in [5.41, 5.74) is 0.0928.